The van der Waals surface area contributed by atoms with E-state index in [4.69, 9.17) is 14.7 Å². The summed E-state index contributed by atoms with van der Waals surface area (Å²) in [7, 11) is -2.62. The first-order valence-corrected chi connectivity index (χ1v) is 33.3. The number of phenols is 2. The molecule has 0 aliphatic carbocycles. The molecule has 426 valence electrons. The number of aromatic hydroxyl groups is 2. The van der Waals surface area contributed by atoms with Crippen LogP contribution >= 0.6 is 8.60 Å². The molecule has 0 aliphatic heterocycles. The molecule has 0 unspecified atom stereocenters. The van der Waals surface area contributed by atoms with Gasteiger partial charge in [0.2, 0.25) is 0 Å². The summed E-state index contributed by atoms with van der Waals surface area (Å²) < 4.78 is 0. The summed E-state index contributed by atoms with van der Waals surface area (Å²) >= 11 is 0. The van der Waals surface area contributed by atoms with Gasteiger partial charge in [-0.15, -0.1) is 0 Å². The van der Waals surface area contributed by atoms with Crippen LogP contribution in [0.4, 0.5) is 0 Å². The summed E-state index contributed by atoms with van der Waals surface area (Å²) in [6.45, 7) is 13.8. The van der Waals surface area contributed by atoms with Crippen molar-refractivity contribution in [1.82, 2.24) is 0 Å². The molecule has 2 aromatic rings. The molecule has 0 atom stereocenters. The van der Waals surface area contributed by atoms with Gasteiger partial charge in [-0.05, 0) is 79.7 Å². The number of hydrogen-bond acceptors (Lipinski definition) is 5. The van der Waals surface area contributed by atoms with Crippen LogP contribution in [-0.4, -0.2) is 24.9 Å². The van der Waals surface area contributed by atoms with Gasteiger partial charge < -0.3 is 24.9 Å². The molecule has 0 amide bonds. The lowest BCUT2D eigenvalue weighted by atomic mass is 9.70. The SMILES string of the molecule is CCCCCCCCCCCCCc1c(O)c(C(C)(C)c2ccccc2O)c(CCCCCCCCCCCCC)c(CCCCCCCCCCCCC)c1CCCCCCCCCCCCC.OP(O)O. The Labute approximate surface area is 455 Å². The van der Waals surface area contributed by atoms with E-state index in [0.717, 1.165) is 43.2 Å². The van der Waals surface area contributed by atoms with Crippen LogP contribution in [0.1, 0.15) is 357 Å². The van der Waals surface area contributed by atoms with E-state index in [9.17, 15) is 10.2 Å². The Kier molecular flexibility index (Phi) is 46.3. The van der Waals surface area contributed by atoms with E-state index in [1.165, 1.54) is 293 Å². The molecule has 0 saturated carbocycles. The molecule has 0 spiro atoms. The van der Waals surface area contributed by atoms with Crippen molar-refractivity contribution < 1.29 is 24.9 Å². The standard InChI is InChI=1S/C67H120O2.H3O3P/c1-7-11-15-19-23-27-31-35-39-43-47-53-59-60(54-48-44-40-36-32-28-24-20-16-12-8-2)62(56-50-46-42-38-34-30-26-22-18-14-10-4)66(69)65(67(5,6)63-57-51-52-58-64(63)68)61(59)55-49-45-41-37-33-29-25-21-17-13-9-3;1-4(2)3/h51-52,57-58,68-69H,7-50,53-56H2,1-6H3;1-3H. The zero-order valence-electron chi connectivity index (χ0n) is 49.4. The highest BCUT2D eigenvalue weighted by Gasteiger charge is 2.35. The molecule has 2 aromatic carbocycles. The first kappa shape index (κ1) is 69.4. The second-order valence-corrected chi connectivity index (χ2v) is 23.7. The highest BCUT2D eigenvalue weighted by atomic mass is 31.2. The number of unbranched alkanes of at least 4 members (excludes halogenated alkanes) is 40. The Morgan fingerprint density at radius 2 is 0.534 bits per heavy atom. The van der Waals surface area contributed by atoms with E-state index in [0.29, 0.717) is 11.5 Å². The maximum Gasteiger partial charge on any atom is 0.324 e. The molecule has 73 heavy (non-hydrogen) atoms. The smallest absolute Gasteiger partial charge is 0.324 e. The Bertz CT molecular complexity index is 1520. The van der Waals surface area contributed by atoms with Crippen LogP contribution in [0.5, 0.6) is 11.5 Å². The third-order valence-corrected chi connectivity index (χ3v) is 16.2. The summed E-state index contributed by atoms with van der Waals surface area (Å²) in [6.07, 6.45) is 63.8. The van der Waals surface area contributed by atoms with Crippen molar-refractivity contribution in [3.8, 4) is 11.5 Å². The van der Waals surface area contributed by atoms with E-state index < -0.39 is 14.0 Å². The van der Waals surface area contributed by atoms with Crippen molar-refractivity contribution in [2.75, 3.05) is 0 Å². The van der Waals surface area contributed by atoms with Gasteiger partial charge in [0.25, 0.3) is 0 Å². The fourth-order valence-electron chi connectivity index (χ4n) is 11.8. The largest absolute Gasteiger partial charge is 0.508 e. The van der Waals surface area contributed by atoms with Crippen molar-refractivity contribution in [2.45, 2.75) is 355 Å². The van der Waals surface area contributed by atoms with Crippen LogP contribution in [-0.2, 0) is 31.1 Å². The van der Waals surface area contributed by atoms with Crippen LogP contribution in [0, 0.1) is 0 Å². The predicted octanol–water partition coefficient (Wildman–Crippen LogP) is 22.0. The fraction of sp³-hybridized carbons (Fsp3) is 0.821. The fourth-order valence-corrected chi connectivity index (χ4v) is 11.8. The van der Waals surface area contributed by atoms with Crippen LogP contribution in [0.3, 0.4) is 0 Å². The monoisotopic (exact) mass is 1040 g/mol. The van der Waals surface area contributed by atoms with Crippen molar-refractivity contribution in [1.29, 1.82) is 0 Å². The summed E-state index contributed by atoms with van der Waals surface area (Å²) in [5.74, 6) is 0.931. The molecule has 5 N–H and O–H groups in total. The molecule has 0 radical (unpaired) electrons. The molecule has 2 rings (SSSR count). The molecular formula is C67H123O5P. The third-order valence-electron chi connectivity index (χ3n) is 16.2. The number of para-hydroxylation sites is 1. The second-order valence-electron chi connectivity index (χ2n) is 23.2. The maximum atomic E-state index is 13.1. The first-order chi connectivity index (χ1) is 35.6. The Morgan fingerprint density at radius 1 is 0.315 bits per heavy atom. The summed E-state index contributed by atoms with van der Waals surface area (Å²) in [5, 5.41) is 24.5. The van der Waals surface area contributed by atoms with Crippen molar-refractivity contribution in [3.63, 3.8) is 0 Å². The molecule has 5 nitrogen and oxygen atoms in total. The minimum absolute atomic E-state index is 0.353. The highest BCUT2D eigenvalue weighted by Crippen LogP contribution is 2.48. The summed E-state index contributed by atoms with van der Waals surface area (Å²) in [4.78, 5) is 21.7. The Morgan fingerprint density at radius 3 is 0.808 bits per heavy atom. The summed E-state index contributed by atoms with van der Waals surface area (Å²) in [5.41, 5.74) is 7.43. The van der Waals surface area contributed by atoms with Crippen LogP contribution in [0.15, 0.2) is 24.3 Å². The van der Waals surface area contributed by atoms with Gasteiger partial charge in [-0.2, -0.15) is 0 Å². The van der Waals surface area contributed by atoms with E-state index >= 15 is 0 Å². The second kappa shape index (κ2) is 48.7. The highest BCUT2D eigenvalue weighted by molar-refractivity contribution is 7.38. The molecule has 0 bridgehead atoms. The van der Waals surface area contributed by atoms with Crippen LogP contribution in [0.2, 0.25) is 0 Å². The quantitative estimate of drug-likeness (QED) is 0.0336. The van der Waals surface area contributed by atoms with Gasteiger partial charge in [-0.1, -0.05) is 317 Å². The lowest BCUT2D eigenvalue weighted by Gasteiger charge is -2.34. The normalized spacial score (nSPS) is 11.8. The molecule has 0 heterocycles. The predicted molar refractivity (Wildman–Crippen MR) is 323 cm³/mol. The molecule has 0 aromatic heterocycles. The van der Waals surface area contributed by atoms with Gasteiger partial charge in [0.15, 0.2) is 0 Å². The average molecular weight is 1040 g/mol. The minimum Gasteiger partial charge on any atom is -0.508 e. The number of rotatable bonds is 50. The zero-order valence-corrected chi connectivity index (χ0v) is 50.3. The third kappa shape index (κ3) is 34.7. The van der Waals surface area contributed by atoms with Crippen molar-refractivity contribution >= 4 is 8.60 Å². The lowest BCUT2D eigenvalue weighted by molar-refractivity contribution is 0.368. The van der Waals surface area contributed by atoms with Gasteiger partial charge in [-0.25, -0.2) is 0 Å². The van der Waals surface area contributed by atoms with Gasteiger partial charge in [0.05, 0.1) is 0 Å². The van der Waals surface area contributed by atoms with Crippen LogP contribution in [0.25, 0.3) is 0 Å². The lowest BCUT2D eigenvalue weighted by Crippen LogP contribution is -2.24. The minimum atomic E-state index is -2.62. The van der Waals surface area contributed by atoms with Gasteiger partial charge in [0, 0.05) is 16.5 Å². The number of hydrogen-bond donors (Lipinski definition) is 5. The number of phenolic OH excluding ortho intramolecular Hbond substituents is 2. The maximum absolute atomic E-state index is 13.1. The van der Waals surface area contributed by atoms with Crippen molar-refractivity contribution in [3.05, 3.63) is 57.6 Å². The van der Waals surface area contributed by atoms with Crippen LogP contribution < -0.4 is 0 Å². The van der Waals surface area contributed by atoms with Gasteiger partial charge in [-0.3, -0.25) is 0 Å². The zero-order chi connectivity index (χ0) is 53.5. The van der Waals surface area contributed by atoms with E-state index in [1.807, 2.05) is 12.1 Å². The average Bonchev–Trinajstić information content (AvgIpc) is 3.36. The van der Waals surface area contributed by atoms with E-state index in [2.05, 4.69) is 53.7 Å². The van der Waals surface area contributed by atoms with Gasteiger partial charge in [0.1, 0.15) is 11.5 Å². The van der Waals surface area contributed by atoms with Crippen molar-refractivity contribution in [2.24, 2.45) is 0 Å². The molecule has 6 heteroatoms. The van der Waals surface area contributed by atoms with E-state index in [-0.39, 0.29) is 0 Å². The molecule has 0 saturated heterocycles. The summed E-state index contributed by atoms with van der Waals surface area (Å²) in [6, 6.07) is 8.01. The van der Waals surface area contributed by atoms with Gasteiger partial charge >= 0.3 is 8.60 Å². The van der Waals surface area contributed by atoms with E-state index in [1.54, 1.807) is 5.56 Å². The molecular weight excluding hydrogens is 916 g/mol. The molecule has 0 aliphatic rings. The Hall–Kier alpha value is -1.65. The topological polar surface area (TPSA) is 101 Å². The Balaban J connectivity index is 0.00000640. The molecule has 0 fully saturated rings. The first-order valence-electron chi connectivity index (χ1n) is 32.1. The number of benzene rings is 2.